The van der Waals surface area contributed by atoms with Gasteiger partial charge in [-0.1, -0.05) is 13.8 Å². The van der Waals surface area contributed by atoms with E-state index >= 15 is 0 Å². The SMILES string of the molecule is CC(C)c1cc(N2CCC(=O)NC2=O)ncn1. The third kappa shape index (κ3) is 2.41. The van der Waals surface area contributed by atoms with E-state index in [1.54, 1.807) is 6.07 Å². The second kappa shape index (κ2) is 4.48. The maximum Gasteiger partial charge on any atom is 0.329 e. The van der Waals surface area contributed by atoms with Crippen LogP contribution in [-0.4, -0.2) is 28.5 Å². The minimum absolute atomic E-state index is 0.246. The number of nitrogens with one attached hydrogen (secondary N) is 1. The second-order valence-electron chi connectivity index (χ2n) is 4.21. The molecule has 17 heavy (non-hydrogen) atoms. The van der Waals surface area contributed by atoms with E-state index in [-0.39, 0.29) is 11.8 Å². The first kappa shape index (κ1) is 11.5. The number of imide groups is 1. The highest BCUT2D eigenvalue weighted by Gasteiger charge is 2.25. The molecule has 0 unspecified atom stereocenters. The average Bonchev–Trinajstić information content (AvgIpc) is 2.29. The van der Waals surface area contributed by atoms with Crippen LogP contribution in [0.15, 0.2) is 12.4 Å². The van der Waals surface area contributed by atoms with Gasteiger partial charge in [0.2, 0.25) is 5.91 Å². The molecule has 0 atom stereocenters. The molecule has 1 aromatic heterocycles. The van der Waals surface area contributed by atoms with Gasteiger partial charge in [-0.05, 0) is 5.92 Å². The molecule has 1 aliphatic heterocycles. The highest BCUT2D eigenvalue weighted by molar-refractivity contribution is 6.05. The van der Waals surface area contributed by atoms with Crippen LogP contribution >= 0.6 is 0 Å². The maximum atomic E-state index is 11.6. The number of rotatable bonds is 2. The van der Waals surface area contributed by atoms with Crippen molar-refractivity contribution in [3.63, 3.8) is 0 Å². The van der Waals surface area contributed by atoms with Crippen molar-refractivity contribution in [2.45, 2.75) is 26.2 Å². The van der Waals surface area contributed by atoms with Crippen LogP contribution < -0.4 is 10.2 Å². The lowest BCUT2D eigenvalue weighted by Crippen LogP contribution is -2.49. The summed E-state index contributed by atoms with van der Waals surface area (Å²) in [5, 5.41) is 2.26. The van der Waals surface area contributed by atoms with Crippen LogP contribution in [0.2, 0.25) is 0 Å². The van der Waals surface area contributed by atoms with Crippen LogP contribution in [0.4, 0.5) is 10.6 Å². The van der Waals surface area contributed by atoms with E-state index in [4.69, 9.17) is 0 Å². The van der Waals surface area contributed by atoms with Gasteiger partial charge in [0.05, 0.1) is 0 Å². The molecule has 0 aromatic carbocycles. The van der Waals surface area contributed by atoms with Crippen LogP contribution in [0, 0.1) is 0 Å². The van der Waals surface area contributed by atoms with Gasteiger partial charge in [0.15, 0.2) is 0 Å². The smallest absolute Gasteiger partial charge is 0.278 e. The predicted molar refractivity (Wildman–Crippen MR) is 61.6 cm³/mol. The summed E-state index contributed by atoms with van der Waals surface area (Å²) in [6, 6.07) is 1.36. The van der Waals surface area contributed by atoms with Crippen LogP contribution in [-0.2, 0) is 4.79 Å². The van der Waals surface area contributed by atoms with Gasteiger partial charge in [-0.25, -0.2) is 14.8 Å². The molecule has 1 aromatic rings. The lowest BCUT2D eigenvalue weighted by molar-refractivity contribution is -0.120. The summed E-state index contributed by atoms with van der Waals surface area (Å²) in [5.74, 6) is 0.560. The van der Waals surface area contributed by atoms with Gasteiger partial charge in [0, 0.05) is 24.7 Å². The number of urea groups is 1. The molecule has 1 saturated heterocycles. The molecule has 0 bridgehead atoms. The molecule has 6 heteroatoms. The van der Waals surface area contributed by atoms with Gasteiger partial charge in [-0.2, -0.15) is 0 Å². The third-order valence-corrected chi connectivity index (χ3v) is 2.60. The number of nitrogens with zero attached hydrogens (tertiary/aromatic N) is 3. The first-order chi connectivity index (χ1) is 8.08. The summed E-state index contributed by atoms with van der Waals surface area (Å²) in [5.41, 5.74) is 0.875. The van der Waals surface area contributed by atoms with Gasteiger partial charge in [0.1, 0.15) is 12.1 Å². The molecule has 0 radical (unpaired) electrons. The lowest BCUT2D eigenvalue weighted by atomic mass is 10.1. The van der Waals surface area contributed by atoms with E-state index in [0.717, 1.165) is 5.69 Å². The summed E-state index contributed by atoms with van der Waals surface area (Å²) in [6.45, 7) is 4.40. The molecule has 1 fully saturated rings. The topological polar surface area (TPSA) is 75.2 Å². The molecular weight excluding hydrogens is 220 g/mol. The van der Waals surface area contributed by atoms with Crippen molar-refractivity contribution in [1.29, 1.82) is 0 Å². The van der Waals surface area contributed by atoms with Crippen molar-refractivity contribution in [1.82, 2.24) is 15.3 Å². The zero-order valence-electron chi connectivity index (χ0n) is 9.80. The number of anilines is 1. The Morgan fingerprint density at radius 3 is 2.76 bits per heavy atom. The van der Waals surface area contributed by atoms with Crippen molar-refractivity contribution in [3.05, 3.63) is 18.1 Å². The summed E-state index contributed by atoms with van der Waals surface area (Å²) >= 11 is 0. The van der Waals surface area contributed by atoms with E-state index in [1.807, 2.05) is 13.8 Å². The Kier molecular flexibility index (Phi) is 3.03. The Labute approximate surface area is 99.1 Å². The summed E-state index contributed by atoms with van der Waals surface area (Å²) in [6.07, 6.45) is 1.74. The minimum atomic E-state index is -0.422. The lowest BCUT2D eigenvalue weighted by Gasteiger charge is -2.25. The fourth-order valence-electron chi connectivity index (χ4n) is 1.61. The Balaban J connectivity index is 2.25. The van der Waals surface area contributed by atoms with Crippen LogP contribution in [0.3, 0.4) is 0 Å². The zero-order valence-corrected chi connectivity index (χ0v) is 9.80. The molecule has 1 aliphatic rings. The molecule has 0 spiro atoms. The van der Waals surface area contributed by atoms with Gasteiger partial charge in [-0.3, -0.25) is 15.0 Å². The highest BCUT2D eigenvalue weighted by Crippen LogP contribution is 2.18. The van der Waals surface area contributed by atoms with Gasteiger partial charge in [-0.15, -0.1) is 0 Å². The molecule has 0 saturated carbocycles. The van der Waals surface area contributed by atoms with E-state index in [2.05, 4.69) is 15.3 Å². The number of hydrogen-bond acceptors (Lipinski definition) is 4. The van der Waals surface area contributed by atoms with Crippen LogP contribution in [0.25, 0.3) is 0 Å². The summed E-state index contributed by atoms with van der Waals surface area (Å²) in [7, 11) is 0. The van der Waals surface area contributed by atoms with E-state index in [0.29, 0.717) is 18.8 Å². The number of aromatic nitrogens is 2. The second-order valence-corrected chi connectivity index (χ2v) is 4.21. The third-order valence-electron chi connectivity index (χ3n) is 2.60. The van der Waals surface area contributed by atoms with Crippen LogP contribution in [0.1, 0.15) is 31.9 Å². The Morgan fingerprint density at radius 2 is 2.12 bits per heavy atom. The number of carbonyl (C=O) groups is 2. The Morgan fingerprint density at radius 1 is 1.35 bits per heavy atom. The number of hydrogen-bond donors (Lipinski definition) is 1. The Bertz CT molecular complexity index is 459. The van der Waals surface area contributed by atoms with E-state index < -0.39 is 6.03 Å². The van der Waals surface area contributed by atoms with Crippen molar-refractivity contribution >= 4 is 17.8 Å². The standard InChI is InChI=1S/C11H14N4O2/c1-7(2)8-5-9(13-6-12-8)15-4-3-10(16)14-11(15)17/h5-7H,3-4H2,1-2H3,(H,14,16,17). The highest BCUT2D eigenvalue weighted by atomic mass is 16.2. The fraction of sp³-hybridized carbons (Fsp3) is 0.455. The molecule has 0 aliphatic carbocycles. The fourth-order valence-corrected chi connectivity index (χ4v) is 1.61. The molecule has 6 nitrogen and oxygen atoms in total. The molecule has 2 rings (SSSR count). The van der Waals surface area contributed by atoms with Crippen molar-refractivity contribution in [2.24, 2.45) is 0 Å². The summed E-state index contributed by atoms with van der Waals surface area (Å²) in [4.78, 5) is 32.3. The van der Waals surface area contributed by atoms with E-state index in [9.17, 15) is 9.59 Å². The zero-order chi connectivity index (χ0) is 12.4. The van der Waals surface area contributed by atoms with Gasteiger partial charge in [0.25, 0.3) is 0 Å². The number of carbonyl (C=O) groups excluding carboxylic acids is 2. The first-order valence-corrected chi connectivity index (χ1v) is 5.51. The van der Waals surface area contributed by atoms with Crippen LogP contribution in [0.5, 0.6) is 0 Å². The normalized spacial score (nSPS) is 16.3. The predicted octanol–water partition coefficient (Wildman–Crippen LogP) is 1.05. The maximum absolute atomic E-state index is 11.6. The largest absolute Gasteiger partial charge is 0.329 e. The van der Waals surface area contributed by atoms with Crippen molar-refractivity contribution < 1.29 is 9.59 Å². The minimum Gasteiger partial charge on any atom is -0.278 e. The molecule has 90 valence electrons. The van der Waals surface area contributed by atoms with Crippen molar-refractivity contribution in [2.75, 3.05) is 11.4 Å². The van der Waals surface area contributed by atoms with Crippen molar-refractivity contribution in [3.8, 4) is 0 Å². The average molecular weight is 234 g/mol. The molecule has 3 amide bonds. The number of amides is 3. The van der Waals surface area contributed by atoms with Gasteiger partial charge >= 0.3 is 6.03 Å². The molecule has 2 heterocycles. The summed E-state index contributed by atoms with van der Waals surface area (Å²) < 4.78 is 0. The first-order valence-electron chi connectivity index (χ1n) is 5.51. The molecule has 1 N–H and O–H groups in total. The van der Waals surface area contributed by atoms with E-state index in [1.165, 1.54) is 11.2 Å². The monoisotopic (exact) mass is 234 g/mol. The van der Waals surface area contributed by atoms with Gasteiger partial charge < -0.3 is 0 Å². The quantitative estimate of drug-likeness (QED) is 0.829. The molecular formula is C11H14N4O2. The Hall–Kier alpha value is -1.98.